The van der Waals surface area contributed by atoms with E-state index in [0.29, 0.717) is 10.4 Å². The Labute approximate surface area is 130 Å². The molecule has 1 heterocycles. The van der Waals surface area contributed by atoms with Gasteiger partial charge in [-0.1, -0.05) is 12.1 Å². The fraction of sp³-hybridized carbons (Fsp3) is 0.0769. The third kappa shape index (κ3) is 3.11. The molecule has 0 saturated carbocycles. The van der Waals surface area contributed by atoms with Crippen LogP contribution in [0.5, 0.6) is 0 Å². The molecule has 6 heteroatoms. The minimum Gasteiger partial charge on any atom is -0.291 e. The molecule has 96 valence electrons. The molecule has 1 unspecified atom stereocenters. The molecule has 0 spiro atoms. The van der Waals surface area contributed by atoms with E-state index in [1.165, 1.54) is 35.6 Å². The monoisotopic (exact) mass is 401 g/mol. The predicted octanol–water partition coefficient (Wildman–Crippen LogP) is 4.90. The van der Waals surface area contributed by atoms with Crippen LogP contribution in [0.1, 0.15) is 21.2 Å². The van der Waals surface area contributed by atoms with Crippen LogP contribution in [0.4, 0.5) is 4.39 Å². The summed E-state index contributed by atoms with van der Waals surface area (Å²) < 4.78 is 14.4. The van der Waals surface area contributed by atoms with Crippen molar-refractivity contribution in [2.24, 2.45) is 0 Å². The fourth-order valence-electron chi connectivity index (χ4n) is 1.55. The third-order valence-electron chi connectivity index (χ3n) is 2.48. The molecule has 2 aromatic rings. The van der Waals surface area contributed by atoms with Gasteiger partial charge in [-0.15, -0.1) is 11.3 Å². The molecule has 0 N–H and O–H groups in total. The molecule has 0 fully saturated rings. The zero-order chi connectivity index (χ0) is 14.0. The number of hydrogen-bond donors (Lipinski definition) is 0. The SMILES string of the molecule is N#CC(C(=O)c1cc(Br)c(Br)s1)c1ccc(F)cc1. The van der Waals surface area contributed by atoms with Crippen molar-refractivity contribution in [1.29, 1.82) is 5.26 Å². The van der Waals surface area contributed by atoms with Crippen LogP contribution >= 0.6 is 43.2 Å². The highest BCUT2D eigenvalue weighted by Gasteiger charge is 2.24. The molecule has 0 aliphatic rings. The average Bonchev–Trinajstić information content (AvgIpc) is 2.73. The number of rotatable bonds is 3. The van der Waals surface area contributed by atoms with Crippen LogP contribution in [-0.2, 0) is 0 Å². The largest absolute Gasteiger partial charge is 0.291 e. The molecule has 0 amide bonds. The number of thiophene rings is 1. The van der Waals surface area contributed by atoms with Gasteiger partial charge in [-0.3, -0.25) is 4.79 Å². The lowest BCUT2D eigenvalue weighted by Gasteiger charge is -2.06. The lowest BCUT2D eigenvalue weighted by Crippen LogP contribution is -2.09. The molecule has 1 aromatic heterocycles. The third-order valence-corrected chi connectivity index (χ3v) is 5.75. The van der Waals surface area contributed by atoms with Gasteiger partial charge in [0, 0.05) is 4.47 Å². The van der Waals surface area contributed by atoms with Crippen molar-refractivity contribution in [3.63, 3.8) is 0 Å². The van der Waals surface area contributed by atoms with E-state index in [1.807, 2.05) is 6.07 Å². The zero-order valence-corrected chi connectivity index (χ0v) is 13.4. The van der Waals surface area contributed by atoms with Gasteiger partial charge >= 0.3 is 0 Å². The lowest BCUT2D eigenvalue weighted by molar-refractivity contribution is 0.0982. The highest BCUT2D eigenvalue weighted by Crippen LogP contribution is 2.34. The van der Waals surface area contributed by atoms with Crippen molar-refractivity contribution in [1.82, 2.24) is 0 Å². The van der Waals surface area contributed by atoms with E-state index < -0.39 is 11.7 Å². The smallest absolute Gasteiger partial charge is 0.194 e. The summed E-state index contributed by atoms with van der Waals surface area (Å²) >= 11 is 7.87. The Morgan fingerprint density at radius 1 is 1.32 bits per heavy atom. The minimum absolute atomic E-state index is 0.287. The van der Waals surface area contributed by atoms with E-state index in [2.05, 4.69) is 31.9 Å². The van der Waals surface area contributed by atoms with Gasteiger partial charge < -0.3 is 0 Å². The predicted molar refractivity (Wildman–Crippen MR) is 78.8 cm³/mol. The van der Waals surface area contributed by atoms with Crippen molar-refractivity contribution < 1.29 is 9.18 Å². The first-order valence-corrected chi connectivity index (χ1v) is 7.57. The van der Waals surface area contributed by atoms with Gasteiger partial charge in [-0.05, 0) is 55.6 Å². The first-order chi connectivity index (χ1) is 9.02. The molecule has 2 nitrogen and oxygen atoms in total. The molecule has 0 aliphatic carbocycles. The van der Waals surface area contributed by atoms with Crippen molar-refractivity contribution in [2.45, 2.75) is 5.92 Å². The molecule has 0 saturated heterocycles. The standard InChI is InChI=1S/C13H6Br2FNOS/c14-10-5-11(19-13(10)15)12(18)9(6-17)7-1-3-8(16)4-2-7/h1-5,9H. The Kier molecular flexibility index (Phi) is 4.50. The van der Waals surface area contributed by atoms with Gasteiger partial charge in [-0.2, -0.15) is 5.26 Å². The summed E-state index contributed by atoms with van der Waals surface area (Å²) in [6.45, 7) is 0. The number of benzene rings is 1. The molecule has 0 bridgehead atoms. The fourth-order valence-corrected chi connectivity index (χ4v) is 3.56. The minimum atomic E-state index is -0.918. The molecular formula is C13H6Br2FNOS. The Bertz CT molecular complexity index is 641. The van der Waals surface area contributed by atoms with Gasteiger partial charge in [0.25, 0.3) is 0 Å². The summed E-state index contributed by atoms with van der Waals surface area (Å²) in [6.07, 6.45) is 0. The molecular weight excluding hydrogens is 397 g/mol. The summed E-state index contributed by atoms with van der Waals surface area (Å²) in [5, 5.41) is 9.17. The number of hydrogen-bond acceptors (Lipinski definition) is 3. The Morgan fingerprint density at radius 2 is 1.95 bits per heavy atom. The summed E-state index contributed by atoms with van der Waals surface area (Å²) in [4.78, 5) is 12.8. The summed E-state index contributed by atoms with van der Waals surface area (Å²) in [7, 11) is 0. The molecule has 0 radical (unpaired) electrons. The number of ketones is 1. The normalized spacial score (nSPS) is 11.9. The molecule has 1 atom stereocenters. The van der Waals surface area contributed by atoms with Gasteiger partial charge in [0.1, 0.15) is 11.7 Å². The molecule has 19 heavy (non-hydrogen) atoms. The van der Waals surface area contributed by atoms with Gasteiger partial charge in [-0.25, -0.2) is 4.39 Å². The van der Waals surface area contributed by atoms with Gasteiger partial charge in [0.15, 0.2) is 5.78 Å². The van der Waals surface area contributed by atoms with E-state index in [4.69, 9.17) is 0 Å². The number of carbonyl (C=O) groups excluding carboxylic acids is 1. The van der Waals surface area contributed by atoms with Crippen molar-refractivity contribution >= 4 is 49.0 Å². The van der Waals surface area contributed by atoms with E-state index >= 15 is 0 Å². The van der Waals surface area contributed by atoms with E-state index in [-0.39, 0.29) is 5.78 Å². The second kappa shape index (κ2) is 5.95. The van der Waals surface area contributed by atoms with Crippen LogP contribution in [0.2, 0.25) is 0 Å². The number of nitrogens with zero attached hydrogens (tertiary/aromatic N) is 1. The van der Waals surface area contributed by atoms with Crippen LogP contribution in [0.15, 0.2) is 38.6 Å². The van der Waals surface area contributed by atoms with Crippen molar-refractivity contribution in [3.05, 3.63) is 54.8 Å². The second-order valence-electron chi connectivity index (χ2n) is 3.71. The quantitative estimate of drug-likeness (QED) is 0.685. The zero-order valence-electron chi connectivity index (χ0n) is 9.36. The lowest BCUT2D eigenvalue weighted by atomic mass is 9.95. The van der Waals surface area contributed by atoms with Gasteiger partial charge in [0.2, 0.25) is 0 Å². The van der Waals surface area contributed by atoms with Gasteiger partial charge in [0.05, 0.1) is 14.7 Å². The summed E-state index contributed by atoms with van der Waals surface area (Å²) in [6, 6.07) is 9.04. The highest BCUT2D eigenvalue weighted by molar-refractivity contribution is 9.13. The molecule has 1 aromatic carbocycles. The summed E-state index contributed by atoms with van der Waals surface area (Å²) in [5.74, 6) is -1.60. The maximum absolute atomic E-state index is 12.9. The van der Waals surface area contributed by atoms with Crippen molar-refractivity contribution in [2.75, 3.05) is 0 Å². The van der Waals surface area contributed by atoms with Crippen LogP contribution < -0.4 is 0 Å². The maximum Gasteiger partial charge on any atom is 0.194 e. The van der Waals surface area contributed by atoms with E-state index in [1.54, 1.807) is 6.07 Å². The average molecular weight is 403 g/mol. The Morgan fingerprint density at radius 3 is 2.42 bits per heavy atom. The summed E-state index contributed by atoms with van der Waals surface area (Å²) in [5.41, 5.74) is 0.495. The van der Waals surface area contributed by atoms with E-state index in [9.17, 15) is 14.4 Å². The van der Waals surface area contributed by atoms with E-state index in [0.717, 1.165) is 8.26 Å². The number of Topliss-reactive ketones (excluding diaryl/α,β-unsaturated/α-hetero) is 1. The van der Waals surface area contributed by atoms with Crippen LogP contribution in [0.25, 0.3) is 0 Å². The van der Waals surface area contributed by atoms with Crippen LogP contribution in [0.3, 0.4) is 0 Å². The Balaban J connectivity index is 2.35. The second-order valence-corrected chi connectivity index (χ2v) is 6.93. The first kappa shape index (κ1) is 14.4. The number of nitriles is 1. The first-order valence-electron chi connectivity index (χ1n) is 5.17. The number of halogens is 3. The topological polar surface area (TPSA) is 40.9 Å². The van der Waals surface area contributed by atoms with Crippen LogP contribution in [-0.4, -0.2) is 5.78 Å². The van der Waals surface area contributed by atoms with Crippen LogP contribution in [0, 0.1) is 17.1 Å². The van der Waals surface area contributed by atoms with Crippen molar-refractivity contribution in [3.8, 4) is 6.07 Å². The maximum atomic E-state index is 12.9. The molecule has 0 aliphatic heterocycles. The molecule has 2 rings (SSSR count). The number of carbonyl (C=O) groups is 1. The Hall–Kier alpha value is -1.03. The highest BCUT2D eigenvalue weighted by atomic mass is 79.9.